The maximum atomic E-state index is 10.3. The number of nitrogens with two attached hydrogens (primary N) is 4. The summed E-state index contributed by atoms with van der Waals surface area (Å²) in [6.45, 7) is -0.181. The van der Waals surface area contributed by atoms with E-state index < -0.39 is 42.4 Å². The van der Waals surface area contributed by atoms with Gasteiger partial charge in [-0.1, -0.05) is 0 Å². The second kappa shape index (κ2) is 6.84. The van der Waals surface area contributed by atoms with Crippen LogP contribution in [0.1, 0.15) is 19.3 Å². The van der Waals surface area contributed by atoms with Crippen molar-refractivity contribution >= 4 is 0 Å². The summed E-state index contributed by atoms with van der Waals surface area (Å²) in [7, 11) is 0. The van der Waals surface area contributed by atoms with E-state index in [1.165, 1.54) is 0 Å². The van der Waals surface area contributed by atoms with E-state index in [1.807, 2.05) is 0 Å². The van der Waals surface area contributed by atoms with E-state index in [4.69, 9.17) is 32.8 Å². The lowest BCUT2D eigenvalue weighted by atomic mass is 9.72. The summed E-state index contributed by atoms with van der Waals surface area (Å²) in [4.78, 5) is 0. The predicted molar refractivity (Wildman–Crippen MR) is 77.0 cm³/mol. The molecule has 2 aliphatic rings. The van der Waals surface area contributed by atoms with E-state index in [1.54, 1.807) is 0 Å². The van der Waals surface area contributed by atoms with E-state index >= 15 is 0 Å². The third kappa shape index (κ3) is 3.38. The van der Waals surface area contributed by atoms with Crippen LogP contribution in [0.15, 0.2) is 0 Å². The van der Waals surface area contributed by atoms with Crippen LogP contribution in [-0.4, -0.2) is 70.5 Å². The molecule has 0 aromatic carbocycles. The summed E-state index contributed by atoms with van der Waals surface area (Å²) in [5.41, 5.74) is 23.8. The SMILES string of the molecule is N[C@@H]1CC[C@@H]([C@H](N)CO)OC1[C@H]1[C@H](O)[C@@H](O)[C@H](N)C[C@@H]1N. The Morgan fingerprint density at radius 2 is 1.67 bits per heavy atom. The molecule has 0 bridgehead atoms. The molecule has 21 heavy (non-hydrogen) atoms. The van der Waals surface area contributed by atoms with Gasteiger partial charge < -0.3 is 43.0 Å². The Bertz CT molecular complexity index is 348. The number of aliphatic hydroxyl groups is 3. The van der Waals surface area contributed by atoms with Crippen LogP contribution in [0.5, 0.6) is 0 Å². The molecule has 1 aliphatic heterocycles. The smallest absolute Gasteiger partial charge is 0.0954 e. The van der Waals surface area contributed by atoms with Gasteiger partial charge in [-0.3, -0.25) is 0 Å². The Morgan fingerprint density at radius 1 is 1.00 bits per heavy atom. The zero-order valence-electron chi connectivity index (χ0n) is 12.1. The molecule has 2 fully saturated rings. The molecular weight excluding hydrogens is 276 g/mol. The van der Waals surface area contributed by atoms with E-state index in [2.05, 4.69) is 0 Å². The molecule has 1 saturated heterocycles. The molecule has 0 aromatic rings. The quantitative estimate of drug-likeness (QED) is 0.282. The van der Waals surface area contributed by atoms with Gasteiger partial charge in [0.15, 0.2) is 0 Å². The Hall–Kier alpha value is -0.320. The number of ether oxygens (including phenoxy) is 1. The van der Waals surface area contributed by atoms with Gasteiger partial charge in [0.05, 0.1) is 37.1 Å². The van der Waals surface area contributed by atoms with Crippen molar-refractivity contribution < 1.29 is 20.1 Å². The standard InChI is InChI=1S/C13H28N4O4/c14-5-1-2-9(8(17)4-18)21-13(5)10-6(15)3-7(16)11(19)12(10)20/h5-13,18-20H,1-4,14-17H2/t5-,6+,7-,8-,9+,10-,11+,12+,13?/m1/s1. The summed E-state index contributed by atoms with van der Waals surface area (Å²) in [6, 6.07) is -1.75. The molecule has 0 amide bonds. The molecule has 1 saturated carbocycles. The minimum atomic E-state index is -1.08. The van der Waals surface area contributed by atoms with Gasteiger partial charge in [0.2, 0.25) is 0 Å². The highest BCUT2D eigenvalue weighted by Gasteiger charge is 2.48. The molecule has 124 valence electrons. The molecular formula is C13H28N4O4. The van der Waals surface area contributed by atoms with Gasteiger partial charge in [0, 0.05) is 24.0 Å². The predicted octanol–water partition coefficient (Wildman–Crippen LogP) is -3.42. The summed E-state index contributed by atoms with van der Waals surface area (Å²) in [6.07, 6.45) is -1.24. The van der Waals surface area contributed by atoms with Crippen LogP contribution >= 0.6 is 0 Å². The second-order valence-corrected chi connectivity index (χ2v) is 6.35. The van der Waals surface area contributed by atoms with Crippen LogP contribution in [0.4, 0.5) is 0 Å². The maximum Gasteiger partial charge on any atom is 0.0954 e. The van der Waals surface area contributed by atoms with Gasteiger partial charge >= 0.3 is 0 Å². The molecule has 0 spiro atoms. The molecule has 8 heteroatoms. The van der Waals surface area contributed by atoms with Crippen LogP contribution in [-0.2, 0) is 4.74 Å². The van der Waals surface area contributed by atoms with Crippen molar-refractivity contribution in [2.24, 2.45) is 28.9 Å². The Labute approximate surface area is 124 Å². The number of rotatable bonds is 3. The Kier molecular flexibility index (Phi) is 5.55. The molecule has 1 aliphatic carbocycles. The van der Waals surface area contributed by atoms with Gasteiger partial charge in [-0.2, -0.15) is 0 Å². The molecule has 11 N–H and O–H groups in total. The third-order valence-electron chi connectivity index (χ3n) is 4.83. The van der Waals surface area contributed by atoms with Crippen molar-refractivity contribution in [2.45, 2.75) is 67.8 Å². The molecule has 2 rings (SSSR count). The van der Waals surface area contributed by atoms with Crippen molar-refractivity contribution in [3.8, 4) is 0 Å². The Balaban J connectivity index is 2.13. The van der Waals surface area contributed by atoms with Crippen LogP contribution in [0, 0.1) is 5.92 Å². The number of aliphatic hydroxyl groups excluding tert-OH is 3. The minimum absolute atomic E-state index is 0.181. The van der Waals surface area contributed by atoms with Gasteiger partial charge in [-0.25, -0.2) is 0 Å². The second-order valence-electron chi connectivity index (χ2n) is 6.35. The summed E-state index contributed by atoms with van der Waals surface area (Å²) >= 11 is 0. The fourth-order valence-corrected chi connectivity index (χ4v) is 3.48. The van der Waals surface area contributed by atoms with Crippen LogP contribution < -0.4 is 22.9 Å². The average molecular weight is 304 g/mol. The van der Waals surface area contributed by atoms with Gasteiger partial charge in [-0.05, 0) is 19.3 Å². The van der Waals surface area contributed by atoms with E-state index in [0.717, 1.165) is 0 Å². The minimum Gasteiger partial charge on any atom is -0.395 e. The van der Waals surface area contributed by atoms with E-state index in [0.29, 0.717) is 19.3 Å². The molecule has 8 nitrogen and oxygen atoms in total. The fourth-order valence-electron chi connectivity index (χ4n) is 3.48. The molecule has 0 radical (unpaired) electrons. The van der Waals surface area contributed by atoms with Gasteiger partial charge in [-0.15, -0.1) is 0 Å². The highest BCUT2D eigenvalue weighted by atomic mass is 16.5. The highest BCUT2D eigenvalue weighted by Crippen LogP contribution is 2.33. The van der Waals surface area contributed by atoms with Crippen LogP contribution in [0.3, 0.4) is 0 Å². The zero-order valence-corrected chi connectivity index (χ0v) is 12.1. The lowest BCUT2D eigenvalue weighted by molar-refractivity contribution is -0.158. The first kappa shape index (κ1) is 17.0. The van der Waals surface area contributed by atoms with Crippen molar-refractivity contribution in [1.82, 2.24) is 0 Å². The number of hydrogen-bond donors (Lipinski definition) is 7. The van der Waals surface area contributed by atoms with Gasteiger partial charge in [0.25, 0.3) is 0 Å². The monoisotopic (exact) mass is 304 g/mol. The largest absolute Gasteiger partial charge is 0.395 e. The first-order chi connectivity index (χ1) is 9.86. The lowest BCUT2D eigenvalue weighted by Gasteiger charge is -2.48. The van der Waals surface area contributed by atoms with Crippen LogP contribution in [0.2, 0.25) is 0 Å². The van der Waals surface area contributed by atoms with Crippen molar-refractivity contribution in [3.05, 3.63) is 0 Å². The average Bonchev–Trinajstić information content (AvgIpc) is 2.46. The van der Waals surface area contributed by atoms with E-state index in [9.17, 15) is 10.2 Å². The van der Waals surface area contributed by atoms with E-state index in [-0.39, 0.29) is 18.8 Å². The maximum absolute atomic E-state index is 10.3. The first-order valence-electron chi connectivity index (χ1n) is 7.51. The highest BCUT2D eigenvalue weighted by molar-refractivity contribution is 5.03. The molecule has 1 heterocycles. The van der Waals surface area contributed by atoms with Gasteiger partial charge in [0.1, 0.15) is 0 Å². The summed E-state index contributed by atoms with van der Waals surface area (Å²) < 4.78 is 5.91. The molecule has 0 aromatic heterocycles. The topological polar surface area (TPSA) is 174 Å². The summed E-state index contributed by atoms with van der Waals surface area (Å²) in [5.74, 6) is -0.497. The molecule has 1 unspecified atom stereocenters. The molecule has 9 atom stereocenters. The fraction of sp³-hybridized carbons (Fsp3) is 1.00. The zero-order chi connectivity index (χ0) is 15.7. The first-order valence-corrected chi connectivity index (χ1v) is 7.51. The third-order valence-corrected chi connectivity index (χ3v) is 4.83. The lowest BCUT2D eigenvalue weighted by Crippen LogP contribution is -2.65. The number of hydrogen-bond acceptors (Lipinski definition) is 8. The van der Waals surface area contributed by atoms with Crippen LogP contribution in [0.25, 0.3) is 0 Å². The Morgan fingerprint density at radius 3 is 2.29 bits per heavy atom. The normalized spacial score (nSPS) is 49.9. The summed E-state index contributed by atoms with van der Waals surface area (Å²) in [5, 5.41) is 29.4. The van der Waals surface area contributed by atoms with Crippen molar-refractivity contribution in [3.63, 3.8) is 0 Å². The van der Waals surface area contributed by atoms with Crippen molar-refractivity contribution in [2.75, 3.05) is 6.61 Å². The van der Waals surface area contributed by atoms with Crippen molar-refractivity contribution in [1.29, 1.82) is 0 Å².